The van der Waals surface area contributed by atoms with Crippen LogP contribution in [0.4, 0.5) is 23.4 Å². The maximum absolute atomic E-state index is 16.6. The van der Waals surface area contributed by atoms with Gasteiger partial charge in [0.05, 0.1) is 28.9 Å². The Morgan fingerprint density at radius 1 is 1.17 bits per heavy atom. The van der Waals surface area contributed by atoms with Crippen LogP contribution in [0.5, 0.6) is 6.01 Å². The number of fused-ring (bicyclic) bond motifs is 2. The lowest BCUT2D eigenvalue weighted by Gasteiger charge is -2.41. The van der Waals surface area contributed by atoms with Gasteiger partial charge >= 0.3 is 6.01 Å². The second-order valence-electron chi connectivity index (χ2n) is 11.4. The number of carbonyl (C=O) groups is 1. The summed E-state index contributed by atoms with van der Waals surface area (Å²) in [5.41, 5.74) is -0.0281. The first-order valence-corrected chi connectivity index (χ1v) is 14.9. The average molecular weight is 654 g/mol. The van der Waals surface area contributed by atoms with E-state index in [2.05, 4.69) is 21.5 Å². The zero-order chi connectivity index (χ0) is 32.7. The van der Waals surface area contributed by atoms with E-state index in [1.165, 1.54) is 23.2 Å². The second-order valence-corrected chi connectivity index (χ2v) is 11.8. The van der Waals surface area contributed by atoms with Crippen LogP contribution in [0.25, 0.3) is 32.9 Å². The Balaban J connectivity index is 1.46. The summed E-state index contributed by atoms with van der Waals surface area (Å²) < 4.78 is 64.8. The molecular weight excluding hydrogens is 626 g/mol. The summed E-state index contributed by atoms with van der Waals surface area (Å²) in [5.74, 6) is -3.34. The molecule has 14 heteroatoms. The number of ether oxygens (including phenoxy) is 1. The number of hydrogen-bond donors (Lipinski definition) is 0. The van der Waals surface area contributed by atoms with Gasteiger partial charge in [0, 0.05) is 49.4 Å². The minimum atomic E-state index is -1.14. The molecule has 9 nitrogen and oxygen atoms in total. The largest absolute Gasteiger partial charge is 0.462 e. The number of alkyl halides is 1. The van der Waals surface area contributed by atoms with Crippen molar-refractivity contribution in [2.75, 3.05) is 44.7 Å². The number of amides is 1. The van der Waals surface area contributed by atoms with Gasteiger partial charge in [0.25, 0.3) is 5.91 Å². The van der Waals surface area contributed by atoms with Crippen LogP contribution in [0.15, 0.2) is 48.9 Å². The molecule has 2 saturated heterocycles. The van der Waals surface area contributed by atoms with Gasteiger partial charge in [-0.25, -0.2) is 17.6 Å². The number of rotatable bonds is 7. The Bertz CT molecular complexity index is 1900. The van der Waals surface area contributed by atoms with Crippen molar-refractivity contribution < 1.29 is 27.1 Å². The van der Waals surface area contributed by atoms with Crippen LogP contribution in [-0.2, 0) is 4.79 Å². The highest BCUT2D eigenvalue weighted by molar-refractivity contribution is 6.36. The van der Waals surface area contributed by atoms with E-state index in [0.29, 0.717) is 5.39 Å². The molecule has 0 bridgehead atoms. The molecule has 0 spiro atoms. The van der Waals surface area contributed by atoms with Crippen LogP contribution in [0.3, 0.4) is 0 Å². The smallest absolute Gasteiger partial charge is 0.319 e. The molecule has 2 fully saturated rings. The minimum absolute atomic E-state index is 0.0363. The molecule has 6 rings (SSSR count). The van der Waals surface area contributed by atoms with Crippen molar-refractivity contribution in [1.29, 1.82) is 5.26 Å². The van der Waals surface area contributed by atoms with E-state index in [4.69, 9.17) is 16.3 Å². The van der Waals surface area contributed by atoms with Crippen LogP contribution in [0.2, 0.25) is 5.02 Å². The zero-order valence-corrected chi connectivity index (χ0v) is 25.4. The highest BCUT2D eigenvalue weighted by atomic mass is 35.5. The van der Waals surface area contributed by atoms with Gasteiger partial charge in [-0.3, -0.25) is 14.7 Å². The van der Waals surface area contributed by atoms with Gasteiger partial charge in [-0.1, -0.05) is 42.4 Å². The number of nitriles is 1. The summed E-state index contributed by atoms with van der Waals surface area (Å²) in [4.78, 5) is 30.6. The molecule has 0 aliphatic carbocycles. The number of nitrogens with zero attached hydrogens (tertiary/aromatic N) is 7. The third kappa shape index (κ3) is 5.78. The van der Waals surface area contributed by atoms with Crippen LogP contribution in [-0.4, -0.2) is 88.7 Å². The number of aromatic nitrogens is 3. The first-order valence-electron chi connectivity index (χ1n) is 14.5. The predicted molar refractivity (Wildman–Crippen MR) is 165 cm³/mol. The lowest BCUT2D eigenvalue weighted by molar-refractivity contribution is -0.131. The minimum Gasteiger partial charge on any atom is -0.462 e. The van der Waals surface area contributed by atoms with E-state index in [-0.39, 0.29) is 96.1 Å². The number of piperazine rings is 1. The fourth-order valence-electron chi connectivity index (χ4n) is 6.15. The Morgan fingerprint density at radius 2 is 1.98 bits per heavy atom. The molecule has 0 N–H and O–H groups in total. The van der Waals surface area contributed by atoms with Gasteiger partial charge in [-0.2, -0.15) is 15.2 Å². The molecule has 2 aliphatic rings. The molecule has 2 aromatic carbocycles. The highest BCUT2D eigenvalue weighted by Gasteiger charge is 2.34. The fraction of sp³-hybridized carbons (Fsp3) is 0.344. The lowest BCUT2D eigenvalue weighted by Crippen LogP contribution is -2.55. The normalized spacial score (nSPS) is 20.3. The van der Waals surface area contributed by atoms with Gasteiger partial charge < -0.3 is 14.5 Å². The number of likely N-dealkylation sites (tertiary alicyclic amines) is 1. The monoisotopic (exact) mass is 653 g/mol. The Labute approximate surface area is 266 Å². The molecule has 0 radical (unpaired) electrons. The van der Waals surface area contributed by atoms with Crippen molar-refractivity contribution in [2.24, 2.45) is 0 Å². The summed E-state index contributed by atoms with van der Waals surface area (Å²) >= 11 is 6.33. The zero-order valence-electron chi connectivity index (χ0n) is 24.7. The van der Waals surface area contributed by atoms with Crippen molar-refractivity contribution in [3.63, 3.8) is 0 Å². The Kier molecular flexibility index (Phi) is 8.67. The molecule has 0 saturated carbocycles. The molecule has 4 aromatic rings. The number of halogens is 5. The quantitative estimate of drug-likeness (QED) is 0.188. The van der Waals surface area contributed by atoms with E-state index in [1.807, 2.05) is 11.0 Å². The SMILES string of the molecule is C=C(F)C(=O)N1CCN(c2nc(OC[C@@H]3C[C@@H](F)CN3C)nc3c(F)c(-c4cccc5ccc(F)c(Cl)c45)ncc23)C[C@@H]1CC#N. The molecule has 3 atom stereocenters. The van der Waals surface area contributed by atoms with Gasteiger partial charge in [0.2, 0.25) is 0 Å². The van der Waals surface area contributed by atoms with Gasteiger partial charge in [0.1, 0.15) is 35.6 Å². The van der Waals surface area contributed by atoms with Crippen LogP contribution >= 0.6 is 11.6 Å². The maximum Gasteiger partial charge on any atom is 0.319 e. The number of likely N-dealkylation sites (N-methyl/N-ethyl adjacent to an activating group) is 1. The predicted octanol–water partition coefficient (Wildman–Crippen LogP) is 5.61. The van der Waals surface area contributed by atoms with Crippen molar-refractivity contribution in [1.82, 2.24) is 24.8 Å². The summed E-state index contributed by atoms with van der Waals surface area (Å²) in [7, 11) is 1.78. The number of benzene rings is 2. The third-order valence-corrected chi connectivity index (χ3v) is 8.85. The van der Waals surface area contributed by atoms with Crippen molar-refractivity contribution in [2.45, 2.75) is 31.1 Å². The molecule has 4 heterocycles. The summed E-state index contributed by atoms with van der Waals surface area (Å²) in [6.45, 7) is 3.64. The number of pyridine rings is 1. The fourth-order valence-corrected chi connectivity index (χ4v) is 6.42. The summed E-state index contributed by atoms with van der Waals surface area (Å²) in [6, 6.07) is 8.61. The van der Waals surface area contributed by atoms with Crippen molar-refractivity contribution in [3.05, 3.63) is 65.6 Å². The second kappa shape index (κ2) is 12.7. The molecule has 46 heavy (non-hydrogen) atoms. The van der Waals surface area contributed by atoms with E-state index in [1.54, 1.807) is 30.1 Å². The molecule has 2 aromatic heterocycles. The highest BCUT2D eigenvalue weighted by Crippen LogP contribution is 2.38. The van der Waals surface area contributed by atoms with Crippen molar-refractivity contribution >= 4 is 45.0 Å². The summed E-state index contributed by atoms with van der Waals surface area (Å²) in [5, 5.41) is 10.3. The third-order valence-electron chi connectivity index (χ3n) is 8.48. The number of hydrogen-bond acceptors (Lipinski definition) is 8. The summed E-state index contributed by atoms with van der Waals surface area (Å²) in [6.07, 6.45) is 0.530. The van der Waals surface area contributed by atoms with Crippen molar-refractivity contribution in [3.8, 4) is 23.3 Å². The maximum atomic E-state index is 16.6. The van der Waals surface area contributed by atoms with Crippen LogP contribution < -0.4 is 9.64 Å². The first kappa shape index (κ1) is 31.4. The Morgan fingerprint density at radius 3 is 2.70 bits per heavy atom. The van der Waals surface area contributed by atoms with E-state index in [0.717, 1.165) is 0 Å². The Hall–Kier alpha value is -4.54. The standard InChI is InChI=1S/C32H28ClF4N7O2/c1-17(34)31(45)44-11-10-43(15-20(44)8-9-38)30-23-13-39-28(22-5-3-4-18-6-7-24(36)26(33)25(18)22)27(37)29(23)40-32(41-30)46-16-21-12-19(35)14-42(21)2/h3-7,13,19-21H,1,8,10-12,14-16H2,2H3/t19-,20+,21+/m1/s1. The van der Waals surface area contributed by atoms with E-state index >= 15 is 4.39 Å². The van der Waals surface area contributed by atoms with E-state index < -0.39 is 35.6 Å². The van der Waals surface area contributed by atoms with E-state index in [9.17, 15) is 23.2 Å². The molecule has 238 valence electrons. The number of carbonyl (C=O) groups excluding carboxylic acids is 1. The van der Waals surface area contributed by atoms with Crippen LogP contribution in [0, 0.1) is 23.0 Å². The number of anilines is 1. The lowest BCUT2D eigenvalue weighted by atomic mass is 10.0. The molecule has 1 amide bonds. The van der Waals surface area contributed by atoms with Gasteiger partial charge in [-0.05, 0) is 24.9 Å². The molecule has 2 aliphatic heterocycles. The van der Waals surface area contributed by atoms with Crippen LogP contribution in [0.1, 0.15) is 12.8 Å². The molecule has 0 unspecified atom stereocenters. The average Bonchev–Trinajstić information content (AvgIpc) is 3.37. The first-order chi connectivity index (χ1) is 22.1. The van der Waals surface area contributed by atoms with Gasteiger partial charge in [-0.15, -0.1) is 0 Å². The van der Waals surface area contributed by atoms with Gasteiger partial charge in [0.15, 0.2) is 11.6 Å². The topological polar surface area (TPSA) is 98.5 Å². The molecular formula is C32H28ClF4N7O2.